The van der Waals surface area contributed by atoms with Gasteiger partial charge in [0.2, 0.25) is 6.39 Å². The number of hydrogen-bond acceptors (Lipinski definition) is 13. The lowest BCUT2D eigenvalue weighted by Gasteiger charge is -2.32. The number of halogens is 6. The van der Waals surface area contributed by atoms with E-state index in [0.717, 1.165) is 22.1 Å². The van der Waals surface area contributed by atoms with Gasteiger partial charge in [0.15, 0.2) is 10.3 Å². The third-order valence-electron chi connectivity index (χ3n) is 8.31. The molecule has 20 heteroatoms. The molecule has 0 unspecified atom stereocenters. The Labute approximate surface area is 306 Å². The molecule has 2 saturated heterocycles. The van der Waals surface area contributed by atoms with Crippen molar-refractivity contribution in [1.82, 2.24) is 25.6 Å². The zero-order valence-electron chi connectivity index (χ0n) is 27.6. The number of benzene rings is 2. The van der Waals surface area contributed by atoms with Gasteiger partial charge in [0.25, 0.3) is 11.8 Å². The Morgan fingerprint density at radius 1 is 0.774 bits per heavy atom. The van der Waals surface area contributed by atoms with Crippen molar-refractivity contribution >= 4 is 38.8 Å². The van der Waals surface area contributed by atoms with E-state index >= 15 is 0 Å². The largest absolute Gasteiger partial charge is 0.490 e. The van der Waals surface area contributed by atoms with Gasteiger partial charge in [0.1, 0.15) is 33.5 Å². The summed E-state index contributed by atoms with van der Waals surface area (Å²) >= 11 is 2.65. The molecule has 12 nitrogen and oxygen atoms in total. The van der Waals surface area contributed by atoms with E-state index in [-0.39, 0.29) is 23.7 Å². The Bertz CT molecular complexity index is 1940. The minimum atomic E-state index is -4.45. The highest BCUT2D eigenvalue weighted by molar-refractivity contribution is 7.18. The number of para-hydroxylation sites is 2. The Hall–Kier alpha value is -4.95. The molecule has 5 aromatic rings. The van der Waals surface area contributed by atoms with Gasteiger partial charge in [-0.15, -0.1) is 10.2 Å². The van der Waals surface area contributed by atoms with E-state index in [1.165, 1.54) is 65.6 Å². The molecular weight excluding hydrogens is 751 g/mol. The van der Waals surface area contributed by atoms with Crippen LogP contribution in [0.1, 0.15) is 46.5 Å². The average Bonchev–Trinajstić information content (AvgIpc) is 3.95. The van der Waals surface area contributed by atoms with Gasteiger partial charge in [0.05, 0.1) is 23.5 Å². The van der Waals surface area contributed by atoms with E-state index in [4.69, 9.17) is 19.7 Å². The molecule has 2 aliphatic rings. The first-order valence-electron chi connectivity index (χ1n) is 16.2. The summed E-state index contributed by atoms with van der Waals surface area (Å²) in [5.74, 6) is 4.85. The first-order chi connectivity index (χ1) is 25.4. The SMILES string of the molecule is FC(F)(F)c1ccccc1OC1CCN(c2ncc(-c3nnco3)s2)CC1.NNC(=O)c1cnc(N2CCC(Oc3ccccc3C(F)(F)F)CC2)s1. The number of carbonyl (C=O) groups is 1. The molecule has 0 spiro atoms. The van der Waals surface area contributed by atoms with Crippen LogP contribution in [-0.2, 0) is 12.4 Å². The van der Waals surface area contributed by atoms with Crippen LogP contribution in [-0.4, -0.2) is 64.5 Å². The molecule has 2 aliphatic heterocycles. The van der Waals surface area contributed by atoms with Crippen LogP contribution in [0.25, 0.3) is 10.8 Å². The second kappa shape index (κ2) is 16.4. The fourth-order valence-corrected chi connectivity index (χ4v) is 7.44. The maximum absolute atomic E-state index is 13.1. The van der Waals surface area contributed by atoms with Crippen molar-refractivity contribution in [2.75, 3.05) is 36.0 Å². The summed E-state index contributed by atoms with van der Waals surface area (Å²) in [6.45, 7) is 2.46. The van der Waals surface area contributed by atoms with Crippen LogP contribution in [0, 0.1) is 0 Å². The van der Waals surface area contributed by atoms with Crippen molar-refractivity contribution in [2.45, 2.75) is 50.2 Å². The number of piperidine rings is 2. The summed E-state index contributed by atoms with van der Waals surface area (Å²) < 4.78 is 94.9. The van der Waals surface area contributed by atoms with Gasteiger partial charge < -0.3 is 23.7 Å². The molecule has 3 N–H and O–H groups in total. The summed E-state index contributed by atoms with van der Waals surface area (Å²) in [6, 6.07) is 10.6. The number of nitrogens with zero attached hydrogens (tertiary/aromatic N) is 6. The summed E-state index contributed by atoms with van der Waals surface area (Å²) in [5.41, 5.74) is 0.547. The number of hydrazine groups is 1. The normalized spacial score (nSPS) is 15.8. The molecule has 53 heavy (non-hydrogen) atoms. The molecule has 0 atom stereocenters. The number of nitrogens with one attached hydrogen (secondary N) is 1. The maximum atomic E-state index is 13.1. The lowest BCUT2D eigenvalue weighted by atomic mass is 10.1. The van der Waals surface area contributed by atoms with Crippen molar-refractivity contribution < 1.29 is 45.0 Å². The second-order valence-corrected chi connectivity index (χ2v) is 13.8. The summed E-state index contributed by atoms with van der Waals surface area (Å²) in [4.78, 5) is 25.3. The molecule has 2 fully saturated rings. The van der Waals surface area contributed by atoms with Crippen LogP contribution in [0.15, 0.2) is 71.7 Å². The Balaban J connectivity index is 0.000000182. The van der Waals surface area contributed by atoms with E-state index in [1.54, 1.807) is 12.3 Å². The number of nitrogen functional groups attached to an aromatic ring is 1. The van der Waals surface area contributed by atoms with Crippen molar-refractivity contribution in [2.24, 2.45) is 5.84 Å². The van der Waals surface area contributed by atoms with E-state index < -0.39 is 29.4 Å². The van der Waals surface area contributed by atoms with E-state index in [0.29, 0.717) is 67.8 Å². The number of ether oxygens (including phenoxy) is 2. The molecule has 0 saturated carbocycles. The van der Waals surface area contributed by atoms with Gasteiger partial charge in [-0.1, -0.05) is 46.9 Å². The predicted octanol–water partition coefficient (Wildman–Crippen LogP) is 7.07. The molecule has 2 aromatic carbocycles. The van der Waals surface area contributed by atoms with Gasteiger partial charge in [0, 0.05) is 51.9 Å². The highest BCUT2D eigenvalue weighted by atomic mass is 32.1. The van der Waals surface area contributed by atoms with E-state index in [2.05, 4.69) is 30.5 Å². The Kier molecular flexibility index (Phi) is 11.7. The Morgan fingerprint density at radius 3 is 1.74 bits per heavy atom. The number of nitrogens with two attached hydrogens (primary N) is 1. The first-order valence-corrected chi connectivity index (χ1v) is 17.9. The number of amides is 1. The van der Waals surface area contributed by atoms with Crippen LogP contribution in [0.3, 0.4) is 0 Å². The third kappa shape index (κ3) is 9.54. The topological polar surface area (TPSA) is 145 Å². The summed E-state index contributed by atoms with van der Waals surface area (Å²) in [7, 11) is 0. The zero-order chi connectivity index (χ0) is 37.6. The van der Waals surface area contributed by atoms with Crippen LogP contribution >= 0.6 is 22.7 Å². The molecule has 282 valence electrons. The van der Waals surface area contributed by atoms with Crippen molar-refractivity contribution in [1.29, 1.82) is 0 Å². The van der Waals surface area contributed by atoms with Gasteiger partial charge in [-0.3, -0.25) is 10.2 Å². The van der Waals surface area contributed by atoms with Crippen molar-refractivity contribution in [3.8, 4) is 22.3 Å². The van der Waals surface area contributed by atoms with Gasteiger partial charge in [-0.05, 0) is 24.3 Å². The minimum Gasteiger partial charge on any atom is -0.490 e. The lowest BCUT2D eigenvalue weighted by molar-refractivity contribution is -0.140. The fraction of sp³-hybridized carbons (Fsp3) is 0.364. The average molecular weight is 783 g/mol. The smallest absolute Gasteiger partial charge is 0.419 e. The van der Waals surface area contributed by atoms with Gasteiger partial charge in [-0.25, -0.2) is 15.8 Å². The van der Waals surface area contributed by atoms with Crippen LogP contribution in [0.5, 0.6) is 11.5 Å². The highest BCUT2D eigenvalue weighted by Gasteiger charge is 2.36. The number of thiazole rings is 2. The monoisotopic (exact) mass is 782 g/mol. The molecular formula is C33H32F6N8O4S2. The van der Waals surface area contributed by atoms with E-state index in [9.17, 15) is 31.1 Å². The summed E-state index contributed by atoms with van der Waals surface area (Å²) in [5, 5.41) is 9.00. The molecule has 0 radical (unpaired) electrons. The quantitative estimate of drug-likeness (QED) is 0.0722. The number of anilines is 2. The fourth-order valence-electron chi connectivity index (χ4n) is 5.67. The standard InChI is InChI=1S/C17H15F3N4O2S.C16H17F3N4O2S/c18-17(19,20)12-3-1-2-4-13(12)26-11-5-7-24(8-6-11)16-21-9-14(27-16)15-23-22-10-25-15;17-16(18,19)11-3-1-2-4-12(11)25-10-5-7-23(8-6-10)15-21-9-13(26-15)14(24)22-20/h1-4,9-11H,5-8H2;1-4,9-10H,5-8,20H2,(H,22,24). The molecule has 3 aromatic heterocycles. The number of alkyl halides is 6. The number of hydrogen-bond donors (Lipinski definition) is 2. The Morgan fingerprint density at radius 2 is 1.26 bits per heavy atom. The number of rotatable bonds is 8. The maximum Gasteiger partial charge on any atom is 0.419 e. The summed E-state index contributed by atoms with van der Waals surface area (Å²) in [6.07, 6.45) is -2.71. The molecule has 1 amide bonds. The van der Waals surface area contributed by atoms with Crippen LogP contribution in [0.2, 0.25) is 0 Å². The molecule has 7 rings (SSSR count). The highest BCUT2D eigenvalue weighted by Crippen LogP contribution is 2.39. The lowest BCUT2D eigenvalue weighted by Crippen LogP contribution is -2.38. The van der Waals surface area contributed by atoms with E-state index in [1.807, 2.05) is 4.90 Å². The number of carbonyl (C=O) groups excluding carboxylic acids is 1. The zero-order valence-corrected chi connectivity index (χ0v) is 29.3. The second-order valence-electron chi connectivity index (χ2n) is 11.8. The van der Waals surface area contributed by atoms with Crippen molar-refractivity contribution in [3.63, 3.8) is 0 Å². The molecule has 0 aliphatic carbocycles. The van der Waals surface area contributed by atoms with Crippen LogP contribution < -0.4 is 30.5 Å². The van der Waals surface area contributed by atoms with Crippen molar-refractivity contribution in [3.05, 3.63) is 83.3 Å². The molecule has 5 heterocycles. The third-order valence-corrected chi connectivity index (χ3v) is 10.4. The van der Waals surface area contributed by atoms with Gasteiger partial charge >= 0.3 is 12.4 Å². The van der Waals surface area contributed by atoms with Gasteiger partial charge in [-0.2, -0.15) is 26.3 Å². The minimum absolute atomic E-state index is 0.114. The molecule has 0 bridgehead atoms. The number of aromatic nitrogens is 4. The van der Waals surface area contributed by atoms with Crippen LogP contribution in [0.4, 0.5) is 36.6 Å². The predicted molar refractivity (Wildman–Crippen MR) is 184 cm³/mol. The first kappa shape index (κ1) is 37.8.